The first-order valence-electron chi connectivity index (χ1n) is 7.31. The Balaban J connectivity index is 2.00. The molecule has 4 aromatic rings. The molecule has 0 unspecified atom stereocenters. The summed E-state index contributed by atoms with van der Waals surface area (Å²) in [6, 6.07) is 9.51. The van der Waals surface area contributed by atoms with Crippen LogP contribution in [0.2, 0.25) is 0 Å². The second-order valence-electron chi connectivity index (χ2n) is 5.20. The first-order chi connectivity index (χ1) is 12.1. The summed E-state index contributed by atoms with van der Waals surface area (Å²) in [5.74, 6) is 0.940. The fraction of sp³-hybridized carbons (Fsp3) is 0.0625. The van der Waals surface area contributed by atoms with Gasteiger partial charge in [0, 0.05) is 12.4 Å². The van der Waals surface area contributed by atoms with Crippen molar-refractivity contribution in [3.05, 3.63) is 30.3 Å². The second-order valence-corrected chi connectivity index (χ2v) is 6.16. The molecule has 8 nitrogen and oxygen atoms in total. The lowest BCUT2D eigenvalue weighted by molar-refractivity contribution is 0.212. The Labute approximate surface area is 145 Å². The molecule has 0 aliphatic carbocycles. The largest absolute Gasteiger partial charge is 0.454 e. The van der Waals surface area contributed by atoms with Gasteiger partial charge >= 0.3 is 6.09 Å². The molecule has 5 N–H and O–H groups in total. The molecular weight excluding hydrogens is 342 g/mol. The van der Waals surface area contributed by atoms with E-state index < -0.39 is 6.09 Å². The highest BCUT2D eigenvalue weighted by molar-refractivity contribution is 7.21. The molecule has 0 aliphatic heterocycles. The highest BCUT2D eigenvalue weighted by atomic mass is 32.1. The zero-order valence-corrected chi connectivity index (χ0v) is 13.9. The Hall–Kier alpha value is -3.33. The van der Waals surface area contributed by atoms with Gasteiger partial charge in [-0.05, 0) is 12.1 Å². The lowest BCUT2D eigenvalue weighted by Crippen LogP contribution is -2.16. The van der Waals surface area contributed by atoms with Crippen molar-refractivity contribution >= 4 is 50.3 Å². The molecule has 0 aliphatic rings. The van der Waals surface area contributed by atoms with Crippen LogP contribution in [0, 0.1) is 0 Å². The van der Waals surface area contributed by atoms with Crippen molar-refractivity contribution in [1.82, 2.24) is 9.97 Å². The van der Waals surface area contributed by atoms with Crippen molar-refractivity contribution in [1.29, 1.82) is 0 Å². The molecule has 0 saturated heterocycles. The maximum absolute atomic E-state index is 11.1. The van der Waals surface area contributed by atoms with Crippen LogP contribution in [0.25, 0.3) is 32.6 Å². The van der Waals surface area contributed by atoms with E-state index in [1.54, 1.807) is 7.05 Å². The van der Waals surface area contributed by atoms with Gasteiger partial charge in [-0.15, -0.1) is 0 Å². The molecule has 3 aromatic heterocycles. The van der Waals surface area contributed by atoms with Gasteiger partial charge in [-0.3, -0.25) is 0 Å². The number of hydrogen-bond donors (Lipinski definition) is 3. The van der Waals surface area contributed by atoms with E-state index in [0.717, 1.165) is 22.3 Å². The van der Waals surface area contributed by atoms with Gasteiger partial charge in [-0.2, -0.15) is 0 Å². The molecule has 0 fully saturated rings. The third-order valence-electron chi connectivity index (χ3n) is 3.63. The molecule has 0 saturated carbocycles. The number of amides is 1. The van der Waals surface area contributed by atoms with E-state index in [9.17, 15) is 4.79 Å². The van der Waals surface area contributed by atoms with Gasteiger partial charge < -0.3 is 25.9 Å². The number of hydrogen-bond acceptors (Lipinski definition) is 8. The topological polar surface area (TPSA) is 129 Å². The number of fused-ring (bicyclic) bond motifs is 2. The first kappa shape index (κ1) is 15.2. The van der Waals surface area contributed by atoms with Crippen molar-refractivity contribution in [2.75, 3.05) is 18.1 Å². The van der Waals surface area contributed by atoms with Crippen LogP contribution in [0.1, 0.15) is 0 Å². The molecule has 25 heavy (non-hydrogen) atoms. The Bertz CT molecular complexity index is 1080. The fourth-order valence-corrected chi connectivity index (χ4v) is 3.51. The third-order valence-corrected chi connectivity index (χ3v) is 4.61. The highest BCUT2D eigenvalue weighted by Gasteiger charge is 2.22. The second kappa shape index (κ2) is 5.64. The van der Waals surface area contributed by atoms with Gasteiger partial charge in [0.15, 0.2) is 5.76 Å². The number of ether oxygens (including phenoxy) is 1. The summed E-state index contributed by atoms with van der Waals surface area (Å²) >= 11 is 1.12. The van der Waals surface area contributed by atoms with Crippen LogP contribution < -0.4 is 21.5 Å². The first-order valence-corrected chi connectivity index (χ1v) is 8.12. The Morgan fingerprint density at radius 1 is 1.32 bits per heavy atom. The minimum Gasteiger partial charge on any atom is -0.454 e. The van der Waals surface area contributed by atoms with Crippen LogP contribution in [0.4, 0.5) is 16.4 Å². The van der Waals surface area contributed by atoms with Gasteiger partial charge in [-0.1, -0.05) is 29.5 Å². The smallest absolute Gasteiger partial charge is 0.410 e. The van der Waals surface area contributed by atoms with Gasteiger partial charge in [0.05, 0.1) is 11.1 Å². The van der Waals surface area contributed by atoms with Crippen LogP contribution in [0.3, 0.4) is 0 Å². The lowest BCUT2D eigenvalue weighted by Gasteiger charge is -2.04. The van der Waals surface area contributed by atoms with Crippen LogP contribution in [0.15, 0.2) is 34.7 Å². The minimum atomic E-state index is -0.939. The number of aromatic nitrogens is 2. The maximum Gasteiger partial charge on any atom is 0.410 e. The number of benzene rings is 1. The molecule has 0 spiro atoms. The predicted molar refractivity (Wildman–Crippen MR) is 96.8 cm³/mol. The molecule has 0 bridgehead atoms. The molecule has 1 amide bonds. The van der Waals surface area contributed by atoms with Crippen LogP contribution in [-0.4, -0.2) is 23.1 Å². The van der Waals surface area contributed by atoms with Crippen molar-refractivity contribution in [3.63, 3.8) is 0 Å². The minimum absolute atomic E-state index is 0.183. The number of nitrogens with two attached hydrogens (primary N) is 2. The van der Waals surface area contributed by atoms with E-state index in [1.165, 1.54) is 0 Å². The van der Waals surface area contributed by atoms with E-state index in [2.05, 4.69) is 15.3 Å². The summed E-state index contributed by atoms with van der Waals surface area (Å²) < 4.78 is 10.9. The number of nitrogen functional groups attached to an aromatic ring is 1. The molecular formula is C16H13N5O3S. The standard InChI is InChI=1S/C16H13N5O3S/c1-19-16-20-12(9-6-7-4-2-3-5-8(7)23-9)10-11(17)14(24-15(18)22)25-13(10)21-16/h2-6H,17H2,1H3,(H2,18,22)(H,19,20,21). The number of nitrogens with one attached hydrogen (secondary N) is 1. The molecule has 126 valence electrons. The van der Waals surface area contributed by atoms with Gasteiger partial charge in [-0.25, -0.2) is 14.8 Å². The summed E-state index contributed by atoms with van der Waals surface area (Å²) in [5.41, 5.74) is 12.7. The quantitative estimate of drug-likeness (QED) is 0.514. The fourth-order valence-electron chi connectivity index (χ4n) is 2.56. The number of anilines is 2. The SMILES string of the molecule is CNc1nc(-c2cc3ccccc3o2)c2c(N)c(OC(N)=O)sc2n1. The number of furan rings is 1. The average molecular weight is 355 g/mol. The summed E-state index contributed by atoms with van der Waals surface area (Å²) in [7, 11) is 1.71. The molecule has 1 aromatic carbocycles. The Morgan fingerprint density at radius 3 is 2.84 bits per heavy atom. The molecule has 9 heteroatoms. The number of nitrogens with zero attached hydrogens (tertiary/aromatic N) is 2. The van der Waals surface area contributed by atoms with Gasteiger partial charge in [0.25, 0.3) is 0 Å². The van der Waals surface area contributed by atoms with Gasteiger partial charge in [0.2, 0.25) is 11.0 Å². The Morgan fingerprint density at radius 2 is 2.12 bits per heavy atom. The average Bonchev–Trinajstić information content (AvgIpc) is 3.15. The number of para-hydroxylation sites is 1. The van der Waals surface area contributed by atoms with Crippen LogP contribution in [-0.2, 0) is 0 Å². The van der Waals surface area contributed by atoms with Crippen molar-refractivity contribution < 1.29 is 13.9 Å². The van der Waals surface area contributed by atoms with E-state index >= 15 is 0 Å². The maximum atomic E-state index is 11.1. The van der Waals surface area contributed by atoms with E-state index in [-0.39, 0.29) is 10.8 Å². The number of carbonyl (C=O) groups is 1. The van der Waals surface area contributed by atoms with E-state index in [0.29, 0.717) is 27.6 Å². The number of primary amides is 1. The molecule has 3 heterocycles. The van der Waals surface area contributed by atoms with Crippen molar-refractivity contribution in [3.8, 4) is 16.5 Å². The Kier molecular flexibility index (Phi) is 3.43. The zero-order valence-electron chi connectivity index (χ0n) is 13.1. The lowest BCUT2D eigenvalue weighted by atomic mass is 10.2. The number of carbonyl (C=O) groups excluding carboxylic acids is 1. The van der Waals surface area contributed by atoms with Crippen LogP contribution in [0.5, 0.6) is 5.06 Å². The highest BCUT2D eigenvalue weighted by Crippen LogP contribution is 2.44. The summed E-state index contributed by atoms with van der Waals surface area (Å²) in [5, 5.41) is 4.58. The monoisotopic (exact) mass is 355 g/mol. The normalized spacial score (nSPS) is 11.1. The third kappa shape index (κ3) is 2.50. The zero-order chi connectivity index (χ0) is 17.6. The summed E-state index contributed by atoms with van der Waals surface area (Å²) in [6.07, 6.45) is -0.939. The van der Waals surface area contributed by atoms with Crippen molar-refractivity contribution in [2.24, 2.45) is 5.73 Å². The van der Waals surface area contributed by atoms with E-state index in [1.807, 2.05) is 30.3 Å². The van der Waals surface area contributed by atoms with Crippen molar-refractivity contribution in [2.45, 2.75) is 0 Å². The predicted octanol–water partition coefficient (Wildman–Crippen LogP) is 3.19. The molecule has 0 atom stereocenters. The summed E-state index contributed by atoms with van der Waals surface area (Å²) in [4.78, 5) is 20.5. The summed E-state index contributed by atoms with van der Waals surface area (Å²) in [6.45, 7) is 0. The van der Waals surface area contributed by atoms with Gasteiger partial charge in [0.1, 0.15) is 16.1 Å². The van der Waals surface area contributed by atoms with Crippen LogP contribution >= 0.6 is 11.3 Å². The number of thiophene rings is 1. The van der Waals surface area contributed by atoms with E-state index in [4.69, 9.17) is 20.6 Å². The number of rotatable bonds is 3. The molecule has 0 radical (unpaired) electrons. The molecule has 4 rings (SSSR count).